The molecule has 3 aromatic rings. The van der Waals surface area contributed by atoms with E-state index >= 15 is 0 Å². The molecule has 0 bridgehead atoms. The first-order chi connectivity index (χ1) is 10.6. The largest absolute Gasteiger partial charge is 0.423 e. The topological polar surface area (TPSA) is 78.6 Å². The Morgan fingerprint density at radius 3 is 2.64 bits per heavy atom. The van der Waals surface area contributed by atoms with Crippen LogP contribution in [0.25, 0.3) is 11.1 Å². The molecular formula is C16H15N3O3. The van der Waals surface area contributed by atoms with E-state index in [0.29, 0.717) is 22.7 Å². The van der Waals surface area contributed by atoms with Gasteiger partial charge in [-0.25, -0.2) is 5.48 Å². The minimum atomic E-state index is -0.585. The van der Waals surface area contributed by atoms with Crippen LogP contribution in [0.5, 0.6) is 0 Å². The molecule has 0 atom stereocenters. The van der Waals surface area contributed by atoms with Crippen LogP contribution >= 0.6 is 0 Å². The SMILES string of the molecule is Cc1ccc(N(C)c2nc3cc(C(=O)NO)ccc3o2)cc1. The monoisotopic (exact) mass is 297 g/mol. The highest BCUT2D eigenvalue weighted by Crippen LogP contribution is 2.27. The van der Waals surface area contributed by atoms with Crippen LogP contribution < -0.4 is 10.4 Å². The second-order valence-electron chi connectivity index (χ2n) is 5.01. The number of aryl methyl sites for hydroxylation is 1. The number of carbonyl (C=O) groups is 1. The average molecular weight is 297 g/mol. The van der Waals surface area contributed by atoms with E-state index in [0.717, 1.165) is 5.69 Å². The number of aromatic nitrogens is 1. The lowest BCUT2D eigenvalue weighted by Crippen LogP contribution is -2.18. The molecule has 0 spiro atoms. The van der Waals surface area contributed by atoms with Gasteiger partial charge in [-0.05, 0) is 37.3 Å². The average Bonchev–Trinajstić information content (AvgIpc) is 2.97. The number of anilines is 2. The van der Waals surface area contributed by atoms with Gasteiger partial charge in [0.25, 0.3) is 5.91 Å². The van der Waals surface area contributed by atoms with Gasteiger partial charge in [-0.15, -0.1) is 0 Å². The van der Waals surface area contributed by atoms with Crippen molar-refractivity contribution in [3.63, 3.8) is 0 Å². The summed E-state index contributed by atoms with van der Waals surface area (Å²) in [5.74, 6) is -0.585. The smallest absolute Gasteiger partial charge is 0.302 e. The minimum absolute atomic E-state index is 0.313. The molecule has 0 aliphatic heterocycles. The van der Waals surface area contributed by atoms with Crippen molar-refractivity contribution in [2.45, 2.75) is 6.92 Å². The second-order valence-corrected chi connectivity index (χ2v) is 5.01. The number of hydrogen-bond donors (Lipinski definition) is 2. The summed E-state index contributed by atoms with van der Waals surface area (Å²) in [5.41, 5.74) is 5.16. The highest BCUT2D eigenvalue weighted by molar-refractivity contribution is 5.96. The van der Waals surface area contributed by atoms with Gasteiger partial charge in [-0.2, -0.15) is 4.98 Å². The lowest BCUT2D eigenvalue weighted by Gasteiger charge is -2.14. The zero-order valence-electron chi connectivity index (χ0n) is 12.2. The number of hydrogen-bond acceptors (Lipinski definition) is 5. The number of rotatable bonds is 3. The maximum absolute atomic E-state index is 11.4. The summed E-state index contributed by atoms with van der Waals surface area (Å²) in [5, 5.41) is 8.67. The molecule has 1 amide bonds. The number of nitrogens with one attached hydrogen (secondary N) is 1. The maximum atomic E-state index is 11.4. The molecule has 112 valence electrons. The number of amides is 1. The highest BCUT2D eigenvalue weighted by Gasteiger charge is 2.14. The first-order valence-electron chi connectivity index (χ1n) is 6.74. The van der Waals surface area contributed by atoms with Gasteiger partial charge in [0.05, 0.1) is 0 Å². The van der Waals surface area contributed by atoms with E-state index in [9.17, 15) is 4.79 Å². The van der Waals surface area contributed by atoms with Crippen molar-refractivity contribution < 1.29 is 14.4 Å². The molecular weight excluding hydrogens is 282 g/mol. The van der Waals surface area contributed by atoms with Crippen LogP contribution in [0.4, 0.5) is 11.7 Å². The van der Waals surface area contributed by atoms with E-state index in [1.807, 2.05) is 43.1 Å². The van der Waals surface area contributed by atoms with E-state index in [2.05, 4.69) is 4.98 Å². The Kier molecular flexibility index (Phi) is 3.52. The molecule has 0 saturated heterocycles. The fourth-order valence-corrected chi connectivity index (χ4v) is 2.14. The fourth-order valence-electron chi connectivity index (χ4n) is 2.14. The Bertz CT molecular complexity index is 824. The molecule has 1 heterocycles. The third-order valence-corrected chi connectivity index (χ3v) is 3.45. The molecule has 2 N–H and O–H groups in total. The van der Waals surface area contributed by atoms with Gasteiger partial charge < -0.3 is 4.42 Å². The van der Waals surface area contributed by atoms with E-state index < -0.39 is 5.91 Å². The summed E-state index contributed by atoms with van der Waals surface area (Å²) in [4.78, 5) is 17.6. The van der Waals surface area contributed by atoms with Crippen LogP contribution in [0.15, 0.2) is 46.9 Å². The van der Waals surface area contributed by atoms with Crippen molar-refractivity contribution in [2.24, 2.45) is 0 Å². The van der Waals surface area contributed by atoms with E-state index in [-0.39, 0.29) is 0 Å². The number of carbonyl (C=O) groups excluding carboxylic acids is 1. The van der Waals surface area contributed by atoms with Crippen molar-refractivity contribution in [2.75, 3.05) is 11.9 Å². The van der Waals surface area contributed by atoms with Crippen molar-refractivity contribution in [1.29, 1.82) is 0 Å². The van der Waals surface area contributed by atoms with Crippen molar-refractivity contribution in [3.8, 4) is 0 Å². The van der Waals surface area contributed by atoms with Crippen LogP contribution in [0.2, 0.25) is 0 Å². The van der Waals surface area contributed by atoms with Crippen LogP contribution in [-0.2, 0) is 0 Å². The molecule has 0 fully saturated rings. The maximum Gasteiger partial charge on any atom is 0.302 e. The van der Waals surface area contributed by atoms with E-state index in [1.165, 1.54) is 5.56 Å². The fraction of sp³-hybridized carbons (Fsp3) is 0.125. The lowest BCUT2D eigenvalue weighted by atomic mass is 10.2. The normalized spacial score (nSPS) is 10.7. The van der Waals surface area contributed by atoms with Gasteiger partial charge in [0.2, 0.25) is 0 Å². The molecule has 0 unspecified atom stereocenters. The van der Waals surface area contributed by atoms with Crippen LogP contribution in [0.1, 0.15) is 15.9 Å². The van der Waals surface area contributed by atoms with Gasteiger partial charge in [0.1, 0.15) is 5.52 Å². The van der Waals surface area contributed by atoms with Crippen LogP contribution in [0.3, 0.4) is 0 Å². The Morgan fingerprint density at radius 2 is 1.95 bits per heavy atom. The Balaban J connectivity index is 1.97. The number of hydroxylamine groups is 1. The molecule has 2 aromatic carbocycles. The van der Waals surface area contributed by atoms with E-state index in [1.54, 1.807) is 23.7 Å². The van der Waals surface area contributed by atoms with E-state index in [4.69, 9.17) is 9.62 Å². The Labute approximate surface area is 126 Å². The standard InChI is InChI=1S/C16H15N3O3/c1-10-3-6-12(7-4-10)19(2)16-17-13-9-11(15(20)18-21)5-8-14(13)22-16/h3-9,21H,1-2H3,(H,18,20). The van der Waals surface area contributed by atoms with Gasteiger partial charge >= 0.3 is 6.01 Å². The molecule has 0 saturated carbocycles. The summed E-state index contributed by atoms with van der Waals surface area (Å²) in [6, 6.07) is 13.2. The third kappa shape index (κ3) is 2.51. The Hall–Kier alpha value is -2.86. The predicted molar refractivity (Wildman–Crippen MR) is 82.5 cm³/mol. The first-order valence-corrected chi connectivity index (χ1v) is 6.74. The molecule has 6 nitrogen and oxygen atoms in total. The zero-order valence-corrected chi connectivity index (χ0v) is 12.2. The number of fused-ring (bicyclic) bond motifs is 1. The number of oxazole rings is 1. The molecule has 0 aliphatic carbocycles. The highest BCUT2D eigenvalue weighted by atomic mass is 16.5. The summed E-state index contributed by atoms with van der Waals surface area (Å²) >= 11 is 0. The second kappa shape index (κ2) is 5.50. The number of nitrogens with zero attached hydrogens (tertiary/aromatic N) is 2. The summed E-state index contributed by atoms with van der Waals surface area (Å²) < 4.78 is 5.70. The van der Waals surface area contributed by atoms with Gasteiger partial charge in [-0.1, -0.05) is 17.7 Å². The Morgan fingerprint density at radius 1 is 1.23 bits per heavy atom. The summed E-state index contributed by atoms with van der Waals surface area (Å²) in [6.07, 6.45) is 0. The molecule has 0 aliphatic rings. The summed E-state index contributed by atoms with van der Waals surface area (Å²) in [7, 11) is 1.86. The lowest BCUT2D eigenvalue weighted by molar-refractivity contribution is 0.0706. The first kappa shape index (κ1) is 14.1. The molecule has 22 heavy (non-hydrogen) atoms. The van der Waals surface area contributed by atoms with Crippen molar-refractivity contribution in [3.05, 3.63) is 53.6 Å². The van der Waals surface area contributed by atoms with Crippen LogP contribution in [0, 0.1) is 6.92 Å². The van der Waals surface area contributed by atoms with Gasteiger partial charge in [0.15, 0.2) is 5.58 Å². The molecule has 0 radical (unpaired) electrons. The molecule has 6 heteroatoms. The quantitative estimate of drug-likeness (QED) is 0.574. The van der Waals surface area contributed by atoms with Gasteiger partial charge in [-0.3, -0.25) is 14.9 Å². The zero-order chi connectivity index (χ0) is 15.7. The molecule has 1 aromatic heterocycles. The minimum Gasteiger partial charge on any atom is -0.423 e. The third-order valence-electron chi connectivity index (χ3n) is 3.45. The number of benzene rings is 2. The van der Waals surface area contributed by atoms with Crippen LogP contribution in [-0.4, -0.2) is 23.1 Å². The van der Waals surface area contributed by atoms with Gasteiger partial charge in [0, 0.05) is 18.3 Å². The van der Waals surface area contributed by atoms with Crippen molar-refractivity contribution in [1.82, 2.24) is 10.5 Å². The molecule has 3 rings (SSSR count). The summed E-state index contributed by atoms with van der Waals surface area (Å²) in [6.45, 7) is 2.02. The predicted octanol–water partition coefficient (Wildman–Crippen LogP) is 3.02. The van der Waals surface area contributed by atoms with Crippen molar-refractivity contribution >= 4 is 28.7 Å².